The fraction of sp³-hybridized carbons (Fsp3) is 0.474. The number of hydrogen-bond acceptors (Lipinski definition) is 4. The Kier molecular flexibility index (Phi) is 5.93. The van der Waals surface area contributed by atoms with Gasteiger partial charge in [0.15, 0.2) is 5.78 Å². The van der Waals surface area contributed by atoms with E-state index in [0.717, 1.165) is 23.9 Å². The molecule has 27 heavy (non-hydrogen) atoms. The highest BCUT2D eigenvalue weighted by molar-refractivity contribution is 5.99. The van der Waals surface area contributed by atoms with Crippen molar-refractivity contribution in [1.82, 2.24) is 10.3 Å². The predicted molar refractivity (Wildman–Crippen MR) is 94.0 cm³/mol. The summed E-state index contributed by atoms with van der Waals surface area (Å²) >= 11 is 0. The number of rotatable bonds is 5. The molecule has 1 N–H and O–H groups in total. The van der Waals surface area contributed by atoms with Crippen molar-refractivity contribution < 1.29 is 23.2 Å². The standard InChI is InChI=1S/C19H21F2N3O3/c20-13-3-6-16(21)15(10-13)19(27)12-2-1-9-24(11-12)18(26)8-5-14-4-7-17(25)23-22-14/h3,6,10,12H,1-2,4-5,7-9,11H2,(H,23,25). The Bertz CT molecular complexity index is 794. The van der Waals surface area contributed by atoms with Crippen molar-refractivity contribution in [2.24, 2.45) is 11.0 Å². The van der Waals surface area contributed by atoms with Crippen LogP contribution in [-0.2, 0) is 9.59 Å². The molecule has 8 heteroatoms. The van der Waals surface area contributed by atoms with Gasteiger partial charge in [-0.25, -0.2) is 14.2 Å². The molecule has 1 aromatic rings. The van der Waals surface area contributed by atoms with Crippen LogP contribution in [-0.4, -0.2) is 41.3 Å². The van der Waals surface area contributed by atoms with E-state index >= 15 is 0 Å². The molecule has 0 radical (unpaired) electrons. The van der Waals surface area contributed by atoms with Gasteiger partial charge in [-0.2, -0.15) is 5.10 Å². The zero-order valence-corrected chi connectivity index (χ0v) is 14.8. The average Bonchev–Trinajstić information content (AvgIpc) is 2.68. The average molecular weight is 377 g/mol. The van der Waals surface area contributed by atoms with Crippen molar-refractivity contribution in [3.63, 3.8) is 0 Å². The summed E-state index contributed by atoms with van der Waals surface area (Å²) in [6.07, 6.45) is 2.77. The van der Waals surface area contributed by atoms with Crippen LogP contribution in [0.1, 0.15) is 48.9 Å². The largest absolute Gasteiger partial charge is 0.342 e. The number of ketones is 1. The first-order chi connectivity index (χ1) is 12.9. The molecule has 2 aliphatic rings. The number of nitrogens with zero attached hydrogens (tertiary/aromatic N) is 2. The predicted octanol–water partition coefficient (Wildman–Crippen LogP) is 2.43. The van der Waals surface area contributed by atoms with E-state index < -0.39 is 23.3 Å². The second-order valence-electron chi connectivity index (χ2n) is 6.88. The maximum atomic E-state index is 13.9. The number of halogens is 2. The minimum absolute atomic E-state index is 0.105. The van der Waals surface area contributed by atoms with Gasteiger partial charge >= 0.3 is 0 Å². The van der Waals surface area contributed by atoms with Gasteiger partial charge in [0.2, 0.25) is 11.8 Å². The molecule has 1 saturated heterocycles. The topological polar surface area (TPSA) is 78.8 Å². The number of carbonyl (C=O) groups is 3. The molecular formula is C19H21F2N3O3. The summed E-state index contributed by atoms with van der Waals surface area (Å²) in [5.41, 5.74) is 2.91. The van der Waals surface area contributed by atoms with Crippen LogP contribution in [0, 0.1) is 17.6 Å². The maximum Gasteiger partial charge on any atom is 0.240 e. The van der Waals surface area contributed by atoms with Crippen LogP contribution in [0.2, 0.25) is 0 Å². The molecule has 144 valence electrons. The first kappa shape index (κ1) is 19.1. The molecular weight excluding hydrogens is 356 g/mol. The van der Waals surface area contributed by atoms with Crippen LogP contribution in [0.4, 0.5) is 8.78 Å². The van der Waals surface area contributed by atoms with Gasteiger partial charge in [-0.15, -0.1) is 0 Å². The lowest BCUT2D eigenvalue weighted by molar-refractivity contribution is -0.132. The van der Waals surface area contributed by atoms with Crippen LogP contribution in [0.5, 0.6) is 0 Å². The fourth-order valence-electron chi connectivity index (χ4n) is 3.43. The summed E-state index contributed by atoms with van der Waals surface area (Å²) in [7, 11) is 0. The molecule has 2 aliphatic heterocycles. The number of benzene rings is 1. The molecule has 1 atom stereocenters. The van der Waals surface area contributed by atoms with Gasteiger partial charge in [0.1, 0.15) is 11.6 Å². The lowest BCUT2D eigenvalue weighted by atomic mass is 9.89. The third-order valence-electron chi connectivity index (χ3n) is 4.95. The zero-order valence-electron chi connectivity index (χ0n) is 14.8. The Morgan fingerprint density at radius 3 is 2.81 bits per heavy atom. The number of Topliss-reactive ketones (excluding diaryl/α,β-unsaturated/α-hetero) is 1. The molecule has 0 spiro atoms. The van der Waals surface area contributed by atoms with E-state index in [0.29, 0.717) is 38.6 Å². The van der Waals surface area contributed by atoms with Crippen molar-refractivity contribution in [2.75, 3.05) is 13.1 Å². The molecule has 3 rings (SSSR count). The van der Waals surface area contributed by atoms with Gasteiger partial charge in [-0.1, -0.05) is 0 Å². The van der Waals surface area contributed by atoms with Gasteiger partial charge in [-0.3, -0.25) is 14.4 Å². The Labute approximate surface area is 155 Å². The van der Waals surface area contributed by atoms with Crippen LogP contribution in [0.3, 0.4) is 0 Å². The SMILES string of the molecule is O=C1CCC(CCC(=O)N2CCCC(C(=O)c3cc(F)ccc3F)C2)=NN1. The Balaban J connectivity index is 1.58. The van der Waals surface area contributed by atoms with Gasteiger partial charge in [0.05, 0.1) is 5.56 Å². The number of amides is 2. The molecule has 1 unspecified atom stereocenters. The molecule has 2 heterocycles. The van der Waals surface area contributed by atoms with E-state index in [-0.39, 0.29) is 30.3 Å². The molecule has 6 nitrogen and oxygen atoms in total. The number of carbonyl (C=O) groups excluding carboxylic acids is 3. The summed E-state index contributed by atoms with van der Waals surface area (Å²) in [6.45, 7) is 0.744. The number of likely N-dealkylation sites (tertiary alicyclic amines) is 1. The first-order valence-electron chi connectivity index (χ1n) is 9.05. The summed E-state index contributed by atoms with van der Waals surface area (Å²) in [4.78, 5) is 37.7. The lowest BCUT2D eigenvalue weighted by Crippen LogP contribution is -2.42. The summed E-state index contributed by atoms with van der Waals surface area (Å²) in [6, 6.07) is 2.82. The second-order valence-corrected chi connectivity index (χ2v) is 6.88. The van der Waals surface area contributed by atoms with Gasteiger partial charge in [-0.05, 0) is 43.9 Å². The van der Waals surface area contributed by atoms with Crippen LogP contribution >= 0.6 is 0 Å². The van der Waals surface area contributed by atoms with Crippen molar-refractivity contribution in [2.45, 2.75) is 38.5 Å². The van der Waals surface area contributed by atoms with E-state index in [4.69, 9.17) is 0 Å². The Morgan fingerprint density at radius 2 is 2.07 bits per heavy atom. The maximum absolute atomic E-state index is 13.9. The smallest absolute Gasteiger partial charge is 0.240 e. The molecule has 1 fully saturated rings. The molecule has 0 bridgehead atoms. The molecule has 0 aliphatic carbocycles. The van der Waals surface area contributed by atoms with Crippen molar-refractivity contribution >= 4 is 23.3 Å². The summed E-state index contributed by atoms with van der Waals surface area (Å²) < 4.78 is 27.2. The van der Waals surface area contributed by atoms with Crippen molar-refractivity contribution in [3.8, 4) is 0 Å². The second kappa shape index (κ2) is 8.37. The minimum atomic E-state index is -0.748. The zero-order chi connectivity index (χ0) is 19.4. The number of hydrogen-bond donors (Lipinski definition) is 1. The van der Waals surface area contributed by atoms with E-state index in [1.807, 2.05) is 0 Å². The highest BCUT2D eigenvalue weighted by Gasteiger charge is 2.30. The molecule has 1 aromatic carbocycles. The minimum Gasteiger partial charge on any atom is -0.342 e. The van der Waals surface area contributed by atoms with Crippen LogP contribution in [0.15, 0.2) is 23.3 Å². The summed E-state index contributed by atoms with van der Waals surface area (Å²) in [5.74, 6) is -2.65. The Morgan fingerprint density at radius 1 is 1.26 bits per heavy atom. The van der Waals surface area contributed by atoms with E-state index in [1.165, 1.54) is 0 Å². The van der Waals surface area contributed by atoms with Crippen molar-refractivity contribution in [1.29, 1.82) is 0 Å². The lowest BCUT2D eigenvalue weighted by Gasteiger charge is -2.32. The monoisotopic (exact) mass is 377 g/mol. The highest BCUT2D eigenvalue weighted by atomic mass is 19.1. The van der Waals surface area contributed by atoms with Crippen molar-refractivity contribution in [3.05, 3.63) is 35.4 Å². The highest BCUT2D eigenvalue weighted by Crippen LogP contribution is 2.23. The number of nitrogens with one attached hydrogen (secondary N) is 1. The fourth-order valence-corrected chi connectivity index (χ4v) is 3.43. The number of hydrazone groups is 1. The number of piperidine rings is 1. The van der Waals surface area contributed by atoms with Gasteiger partial charge in [0, 0.05) is 37.6 Å². The quantitative estimate of drug-likeness (QED) is 0.801. The third-order valence-corrected chi connectivity index (χ3v) is 4.95. The van der Waals surface area contributed by atoms with Gasteiger partial charge in [0.25, 0.3) is 0 Å². The first-order valence-corrected chi connectivity index (χ1v) is 9.05. The molecule has 0 saturated carbocycles. The Hall–Kier alpha value is -2.64. The van der Waals surface area contributed by atoms with Gasteiger partial charge < -0.3 is 4.90 Å². The van der Waals surface area contributed by atoms with E-state index in [1.54, 1.807) is 4.90 Å². The third kappa shape index (κ3) is 4.75. The summed E-state index contributed by atoms with van der Waals surface area (Å²) in [5, 5.41) is 3.94. The van der Waals surface area contributed by atoms with Crippen LogP contribution in [0.25, 0.3) is 0 Å². The molecule has 0 aromatic heterocycles. The molecule has 2 amide bonds. The normalized spacial score (nSPS) is 20.1. The van der Waals surface area contributed by atoms with Crippen LogP contribution < -0.4 is 5.43 Å². The van der Waals surface area contributed by atoms with E-state index in [2.05, 4.69) is 10.5 Å². The van der Waals surface area contributed by atoms with E-state index in [9.17, 15) is 23.2 Å².